The number of thiophene rings is 1. The molecule has 1 atom stereocenters. The van der Waals surface area contributed by atoms with Crippen molar-refractivity contribution < 1.29 is 17.9 Å². The maximum atomic E-state index is 12.2. The van der Waals surface area contributed by atoms with E-state index in [0.717, 1.165) is 4.88 Å². The molecular weight excluding hydrogens is 354 g/mol. The van der Waals surface area contributed by atoms with Crippen LogP contribution in [0.25, 0.3) is 0 Å². The van der Waals surface area contributed by atoms with Gasteiger partial charge in [0.05, 0.1) is 6.04 Å². The number of nitrogens with one attached hydrogen (secondary N) is 1. The predicted octanol–water partition coefficient (Wildman–Crippen LogP) is 2.64. The zero-order valence-electron chi connectivity index (χ0n) is 9.96. The standard InChI is InChI=1S/C11H12BrNO4S2/c1-7(9-3-2-4-18-9)13-19(15,16)10-5-8(6-14)17-11(10)12/h2-5,7,13-14H,6H2,1H3. The Morgan fingerprint density at radius 2 is 2.32 bits per heavy atom. The average molecular weight is 366 g/mol. The first-order valence-electron chi connectivity index (χ1n) is 5.39. The molecule has 1 unspecified atom stereocenters. The number of hydrogen-bond donors (Lipinski definition) is 2. The molecule has 5 nitrogen and oxygen atoms in total. The van der Waals surface area contributed by atoms with E-state index in [1.807, 2.05) is 17.5 Å². The number of aliphatic hydroxyl groups excluding tert-OH is 1. The number of aliphatic hydroxyl groups is 1. The molecule has 2 aromatic heterocycles. The smallest absolute Gasteiger partial charge is 0.245 e. The predicted molar refractivity (Wildman–Crippen MR) is 75.4 cm³/mol. The van der Waals surface area contributed by atoms with E-state index in [1.165, 1.54) is 17.4 Å². The van der Waals surface area contributed by atoms with Crippen LogP contribution in [-0.2, 0) is 16.6 Å². The molecule has 2 aromatic rings. The van der Waals surface area contributed by atoms with E-state index < -0.39 is 10.0 Å². The van der Waals surface area contributed by atoms with Gasteiger partial charge in [-0.05, 0) is 34.3 Å². The third-order valence-corrected chi connectivity index (χ3v) is 5.91. The van der Waals surface area contributed by atoms with Gasteiger partial charge in [-0.15, -0.1) is 11.3 Å². The van der Waals surface area contributed by atoms with Crippen LogP contribution in [0.4, 0.5) is 0 Å². The second-order valence-corrected chi connectivity index (χ2v) is 7.25. The quantitative estimate of drug-likeness (QED) is 0.853. The van der Waals surface area contributed by atoms with E-state index in [9.17, 15) is 8.42 Å². The second kappa shape index (κ2) is 5.76. The highest BCUT2D eigenvalue weighted by atomic mass is 79.9. The average Bonchev–Trinajstić information content (AvgIpc) is 2.96. The molecular formula is C11H12BrNO4S2. The Balaban J connectivity index is 2.25. The van der Waals surface area contributed by atoms with Crippen molar-refractivity contribution in [3.05, 3.63) is 38.9 Å². The molecule has 0 fully saturated rings. The molecule has 2 heterocycles. The highest BCUT2D eigenvalue weighted by Gasteiger charge is 2.24. The van der Waals surface area contributed by atoms with Gasteiger partial charge < -0.3 is 9.52 Å². The van der Waals surface area contributed by atoms with E-state index in [0.29, 0.717) is 0 Å². The third-order valence-electron chi connectivity index (χ3n) is 2.45. The minimum absolute atomic E-state index is 0.0139. The van der Waals surface area contributed by atoms with Crippen molar-refractivity contribution in [2.24, 2.45) is 0 Å². The van der Waals surface area contributed by atoms with Crippen LogP contribution in [0.15, 0.2) is 37.6 Å². The Labute approximate surface area is 123 Å². The fourth-order valence-electron chi connectivity index (χ4n) is 1.55. The monoisotopic (exact) mass is 365 g/mol. The zero-order chi connectivity index (χ0) is 14.0. The number of furan rings is 1. The Morgan fingerprint density at radius 1 is 1.58 bits per heavy atom. The normalized spacial score (nSPS) is 13.6. The van der Waals surface area contributed by atoms with Gasteiger partial charge in [-0.1, -0.05) is 6.07 Å². The van der Waals surface area contributed by atoms with Gasteiger partial charge in [0.25, 0.3) is 0 Å². The van der Waals surface area contributed by atoms with Crippen molar-refractivity contribution in [2.75, 3.05) is 0 Å². The molecule has 0 amide bonds. The van der Waals surface area contributed by atoms with Crippen molar-refractivity contribution in [1.82, 2.24) is 4.72 Å². The maximum Gasteiger partial charge on any atom is 0.245 e. The van der Waals surface area contributed by atoms with Gasteiger partial charge in [0.1, 0.15) is 17.3 Å². The second-order valence-electron chi connectivity index (χ2n) is 3.87. The Morgan fingerprint density at radius 3 is 2.84 bits per heavy atom. The fraction of sp³-hybridized carbons (Fsp3) is 0.273. The van der Waals surface area contributed by atoms with Gasteiger partial charge in [-0.25, -0.2) is 13.1 Å². The molecule has 8 heteroatoms. The first-order valence-corrected chi connectivity index (χ1v) is 8.54. The Kier molecular flexibility index (Phi) is 4.46. The Hall–Kier alpha value is -0.670. The van der Waals surface area contributed by atoms with Gasteiger partial charge in [0.15, 0.2) is 4.67 Å². The molecule has 0 aliphatic heterocycles. The van der Waals surface area contributed by atoms with E-state index in [-0.39, 0.29) is 28.0 Å². The molecule has 0 radical (unpaired) electrons. The van der Waals surface area contributed by atoms with E-state index in [4.69, 9.17) is 9.52 Å². The lowest BCUT2D eigenvalue weighted by Gasteiger charge is -2.11. The number of halogens is 1. The lowest BCUT2D eigenvalue weighted by molar-refractivity contribution is 0.245. The largest absolute Gasteiger partial charge is 0.450 e. The van der Waals surface area contributed by atoms with Gasteiger partial charge in [-0.3, -0.25) is 0 Å². The van der Waals surface area contributed by atoms with Crippen LogP contribution in [0, 0.1) is 0 Å². The van der Waals surface area contributed by atoms with Crippen LogP contribution in [-0.4, -0.2) is 13.5 Å². The molecule has 0 aliphatic rings. The minimum atomic E-state index is -3.70. The number of hydrogen-bond acceptors (Lipinski definition) is 5. The molecule has 0 saturated carbocycles. The van der Waals surface area contributed by atoms with Gasteiger partial charge in [0, 0.05) is 10.9 Å². The van der Waals surface area contributed by atoms with Crippen LogP contribution in [0.3, 0.4) is 0 Å². The molecule has 2 N–H and O–H groups in total. The van der Waals surface area contributed by atoms with Crippen molar-refractivity contribution in [1.29, 1.82) is 0 Å². The summed E-state index contributed by atoms with van der Waals surface area (Å²) in [6, 6.07) is 4.70. The summed E-state index contributed by atoms with van der Waals surface area (Å²) in [5.41, 5.74) is 0. The SMILES string of the molecule is CC(NS(=O)(=O)c1cc(CO)oc1Br)c1cccs1. The maximum absolute atomic E-state index is 12.2. The van der Waals surface area contributed by atoms with E-state index in [1.54, 1.807) is 6.92 Å². The van der Waals surface area contributed by atoms with Crippen molar-refractivity contribution in [3.8, 4) is 0 Å². The first kappa shape index (κ1) is 14.7. The highest BCUT2D eigenvalue weighted by Crippen LogP contribution is 2.28. The van der Waals surface area contributed by atoms with Crippen LogP contribution in [0.1, 0.15) is 23.6 Å². The highest BCUT2D eigenvalue weighted by molar-refractivity contribution is 9.10. The van der Waals surface area contributed by atoms with Crippen LogP contribution >= 0.6 is 27.3 Å². The summed E-state index contributed by atoms with van der Waals surface area (Å²) in [5, 5.41) is 10.8. The van der Waals surface area contributed by atoms with E-state index in [2.05, 4.69) is 20.7 Å². The summed E-state index contributed by atoms with van der Waals surface area (Å²) in [6.45, 7) is 1.42. The summed E-state index contributed by atoms with van der Waals surface area (Å²) in [7, 11) is -3.70. The molecule has 2 rings (SSSR count). The van der Waals surface area contributed by atoms with Gasteiger partial charge in [-0.2, -0.15) is 0 Å². The third kappa shape index (κ3) is 3.26. The summed E-state index contributed by atoms with van der Waals surface area (Å²) in [4.78, 5) is 0.908. The van der Waals surface area contributed by atoms with Crippen molar-refractivity contribution in [2.45, 2.75) is 24.5 Å². The summed E-state index contributed by atoms with van der Waals surface area (Å²) < 4.78 is 32.1. The summed E-state index contributed by atoms with van der Waals surface area (Å²) in [5.74, 6) is 0.191. The fourth-order valence-corrected chi connectivity index (χ4v) is 4.58. The van der Waals surface area contributed by atoms with Crippen molar-refractivity contribution in [3.63, 3.8) is 0 Å². The first-order chi connectivity index (χ1) is 8.94. The van der Waals surface area contributed by atoms with E-state index >= 15 is 0 Å². The summed E-state index contributed by atoms with van der Waals surface area (Å²) in [6.07, 6.45) is 0. The lowest BCUT2D eigenvalue weighted by atomic mass is 10.3. The molecule has 0 aromatic carbocycles. The summed E-state index contributed by atoms with van der Waals surface area (Å²) >= 11 is 4.52. The number of sulfonamides is 1. The van der Waals surface area contributed by atoms with Crippen LogP contribution in [0.5, 0.6) is 0 Å². The minimum Gasteiger partial charge on any atom is -0.450 e. The van der Waals surface area contributed by atoms with Crippen LogP contribution in [0.2, 0.25) is 0 Å². The van der Waals surface area contributed by atoms with Crippen LogP contribution < -0.4 is 4.72 Å². The zero-order valence-corrected chi connectivity index (χ0v) is 13.2. The molecule has 0 bridgehead atoms. The lowest BCUT2D eigenvalue weighted by Crippen LogP contribution is -2.26. The van der Waals surface area contributed by atoms with Crippen molar-refractivity contribution >= 4 is 37.3 Å². The Bertz CT molecular complexity index is 648. The molecule has 0 aliphatic carbocycles. The van der Waals surface area contributed by atoms with Gasteiger partial charge >= 0.3 is 0 Å². The van der Waals surface area contributed by atoms with Gasteiger partial charge in [0.2, 0.25) is 10.0 Å². The number of rotatable bonds is 5. The molecule has 104 valence electrons. The molecule has 0 spiro atoms. The molecule has 19 heavy (non-hydrogen) atoms. The molecule has 0 saturated heterocycles. The topological polar surface area (TPSA) is 79.5 Å².